The molecule has 0 saturated carbocycles. The van der Waals surface area contributed by atoms with Crippen LogP contribution >= 0.6 is 0 Å². The van der Waals surface area contributed by atoms with Gasteiger partial charge in [-0.05, 0) is 19.1 Å². The molecule has 0 saturated heterocycles. The molecule has 2 aromatic rings. The van der Waals surface area contributed by atoms with Crippen molar-refractivity contribution in [3.8, 4) is 0 Å². The van der Waals surface area contributed by atoms with Crippen LogP contribution in [0.25, 0.3) is 0 Å². The molecule has 3 nitrogen and oxygen atoms in total. The van der Waals surface area contributed by atoms with Gasteiger partial charge in [0.15, 0.2) is 6.23 Å². The quantitative estimate of drug-likeness (QED) is 0.829. The molecule has 18 heavy (non-hydrogen) atoms. The van der Waals surface area contributed by atoms with Gasteiger partial charge in [0.2, 0.25) is 0 Å². The van der Waals surface area contributed by atoms with Crippen molar-refractivity contribution in [3.63, 3.8) is 0 Å². The van der Waals surface area contributed by atoms with E-state index in [1.165, 1.54) is 5.56 Å². The molecule has 3 heteroatoms. The fraction of sp³-hybridized carbons (Fsp3) is 0.133. The summed E-state index contributed by atoms with van der Waals surface area (Å²) in [6, 6.07) is 15.7. The van der Waals surface area contributed by atoms with Crippen molar-refractivity contribution >= 4 is 11.9 Å². The molecule has 1 aliphatic heterocycles. The van der Waals surface area contributed by atoms with Crippen LogP contribution in [0.4, 0.5) is 5.69 Å². The first-order valence-electron chi connectivity index (χ1n) is 5.92. The Morgan fingerprint density at radius 2 is 1.78 bits per heavy atom. The number of aliphatic hydroxyl groups is 1. The molecule has 0 radical (unpaired) electrons. The van der Waals surface area contributed by atoms with E-state index in [1.807, 2.05) is 55.5 Å². The molecule has 90 valence electrons. The summed E-state index contributed by atoms with van der Waals surface area (Å²) in [4.78, 5) is 0. The van der Waals surface area contributed by atoms with Gasteiger partial charge in [-0.3, -0.25) is 0 Å². The molecular weight excluding hydrogens is 224 g/mol. The number of nitrogens with zero attached hydrogens (tertiary/aromatic N) is 2. The van der Waals surface area contributed by atoms with Gasteiger partial charge in [-0.1, -0.05) is 42.0 Å². The lowest BCUT2D eigenvalue weighted by atomic mass is 10.1. The summed E-state index contributed by atoms with van der Waals surface area (Å²) < 4.78 is 0. The fourth-order valence-corrected chi connectivity index (χ4v) is 2.09. The molecule has 0 spiro atoms. The molecule has 0 bridgehead atoms. The second-order valence-corrected chi connectivity index (χ2v) is 4.43. The lowest BCUT2D eigenvalue weighted by Gasteiger charge is -2.29. The number of aliphatic hydroxyl groups excluding tert-OH is 1. The summed E-state index contributed by atoms with van der Waals surface area (Å²) in [5, 5.41) is 16.3. The van der Waals surface area contributed by atoms with E-state index in [0.29, 0.717) is 0 Å². The van der Waals surface area contributed by atoms with Gasteiger partial charge in [0, 0.05) is 11.1 Å². The Kier molecular flexibility index (Phi) is 2.61. The van der Waals surface area contributed by atoms with E-state index < -0.39 is 6.23 Å². The first-order chi connectivity index (χ1) is 8.75. The summed E-state index contributed by atoms with van der Waals surface area (Å²) in [5.74, 6) is 0. The van der Waals surface area contributed by atoms with Crippen molar-refractivity contribution in [2.75, 3.05) is 5.01 Å². The van der Waals surface area contributed by atoms with Gasteiger partial charge in [-0.2, -0.15) is 5.10 Å². The minimum atomic E-state index is -0.728. The van der Waals surface area contributed by atoms with Crippen LogP contribution in [-0.4, -0.2) is 11.3 Å². The van der Waals surface area contributed by atoms with Crippen molar-refractivity contribution in [1.29, 1.82) is 0 Å². The highest BCUT2D eigenvalue weighted by molar-refractivity contribution is 5.84. The van der Waals surface area contributed by atoms with Crippen LogP contribution in [0.15, 0.2) is 53.6 Å². The molecule has 0 amide bonds. The van der Waals surface area contributed by atoms with Crippen LogP contribution in [0, 0.1) is 6.92 Å². The Labute approximate surface area is 106 Å². The molecule has 2 aromatic carbocycles. The van der Waals surface area contributed by atoms with E-state index in [2.05, 4.69) is 5.10 Å². The predicted octanol–water partition coefficient (Wildman–Crippen LogP) is 2.84. The van der Waals surface area contributed by atoms with Crippen LogP contribution in [0.5, 0.6) is 0 Å². The van der Waals surface area contributed by atoms with Crippen LogP contribution in [0.1, 0.15) is 22.9 Å². The van der Waals surface area contributed by atoms with Crippen LogP contribution < -0.4 is 5.01 Å². The van der Waals surface area contributed by atoms with Crippen LogP contribution in [0.2, 0.25) is 0 Å². The third-order valence-corrected chi connectivity index (χ3v) is 3.13. The van der Waals surface area contributed by atoms with Gasteiger partial charge in [-0.15, -0.1) is 0 Å². The SMILES string of the molecule is Cc1ccc(N2N=Cc3ccccc3C2O)cc1. The number of anilines is 1. The summed E-state index contributed by atoms with van der Waals surface area (Å²) >= 11 is 0. The Hall–Kier alpha value is -2.13. The van der Waals surface area contributed by atoms with Crippen molar-refractivity contribution in [3.05, 3.63) is 65.2 Å². The zero-order valence-corrected chi connectivity index (χ0v) is 10.1. The van der Waals surface area contributed by atoms with Crippen molar-refractivity contribution < 1.29 is 5.11 Å². The molecule has 1 aliphatic rings. The Morgan fingerprint density at radius 3 is 2.56 bits per heavy atom. The number of hydrazone groups is 1. The molecular formula is C15H14N2O. The van der Waals surface area contributed by atoms with E-state index in [0.717, 1.165) is 16.8 Å². The average molecular weight is 238 g/mol. The summed E-state index contributed by atoms with van der Waals surface area (Å²) in [5.41, 5.74) is 3.93. The highest BCUT2D eigenvalue weighted by Gasteiger charge is 2.23. The Bertz CT molecular complexity index is 590. The number of fused-ring (bicyclic) bond motifs is 1. The third kappa shape index (κ3) is 1.79. The number of hydrogen-bond acceptors (Lipinski definition) is 3. The van der Waals surface area contributed by atoms with E-state index in [1.54, 1.807) is 11.2 Å². The lowest BCUT2D eigenvalue weighted by Crippen LogP contribution is -2.27. The summed E-state index contributed by atoms with van der Waals surface area (Å²) in [6.07, 6.45) is 1.05. The molecule has 0 aliphatic carbocycles. The van der Waals surface area contributed by atoms with Crippen molar-refractivity contribution in [2.45, 2.75) is 13.2 Å². The Morgan fingerprint density at radius 1 is 1.06 bits per heavy atom. The third-order valence-electron chi connectivity index (χ3n) is 3.13. The van der Waals surface area contributed by atoms with Gasteiger partial charge in [-0.25, -0.2) is 5.01 Å². The molecule has 0 fully saturated rings. The molecule has 1 heterocycles. The topological polar surface area (TPSA) is 35.8 Å². The van der Waals surface area contributed by atoms with E-state index >= 15 is 0 Å². The highest BCUT2D eigenvalue weighted by Crippen LogP contribution is 2.30. The van der Waals surface area contributed by atoms with Crippen LogP contribution in [-0.2, 0) is 0 Å². The maximum absolute atomic E-state index is 10.4. The van der Waals surface area contributed by atoms with Crippen molar-refractivity contribution in [1.82, 2.24) is 0 Å². The Balaban J connectivity index is 2.00. The maximum atomic E-state index is 10.4. The molecule has 1 N–H and O–H groups in total. The lowest BCUT2D eigenvalue weighted by molar-refractivity contribution is 0.171. The molecule has 3 rings (SSSR count). The maximum Gasteiger partial charge on any atom is 0.174 e. The summed E-state index contributed by atoms with van der Waals surface area (Å²) in [6.45, 7) is 2.04. The minimum Gasteiger partial charge on any atom is -0.368 e. The number of benzene rings is 2. The highest BCUT2D eigenvalue weighted by atomic mass is 16.3. The number of aryl methyl sites for hydroxylation is 1. The molecule has 1 unspecified atom stereocenters. The van der Waals surface area contributed by atoms with E-state index in [9.17, 15) is 5.11 Å². The summed E-state index contributed by atoms with van der Waals surface area (Å²) in [7, 11) is 0. The standard InChI is InChI=1S/C15H14N2O/c1-11-6-8-13(9-7-11)17-15(18)14-5-3-2-4-12(14)10-16-17/h2-10,15,18H,1H3. The van der Waals surface area contributed by atoms with Gasteiger partial charge in [0.05, 0.1) is 11.9 Å². The monoisotopic (exact) mass is 238 g/mol. The first-order valence-corrected chi connectivity index (χ1v) is 5.92. The first kappa shape index (κ1) is 11.0. The second-order valence-electron chi connectivity index (χ2n) is 4.43. The largest absolute Gasteiger partial charge is 0.368 e. The van der Waals surface area contributed by atoms with Crippen molar-refractivity contribution in [2.24, 2.45) is 5.10 Å². The van der Waals surface area contributed by atoms with Crippen LogP contribution in [0.3, 0.4) is 0 Å². The predicted molar refractivity (Wildman–Crippen MR) is 72.7 cm³/mol. The zero-order valence-electron chi connectivity index (χ0n) is 10.1. The number of hydrogen-bond donors (Lipinski definition) is 1. The van der Waals surface area contributed by atoms with Gasteiger partial charge in [0.25, 0.3) is 0 Å². The number of rotatable bonds is 1. The smallest absolute Gasteiger partial charge is 0.174 e. The molecule has 1 atom stereocenters. The van der Waals surface area contributed by atoms with E-state index in [-0.39, 0.29) is 0 Å². The normalized spacial score (nSPS) is 17.7. The van der Waals surface area contributed by atoms with Gasteiger partial charge < -0.3 is 5.11 Å². The van der Waals surface area contributed by atoms with E-state index in [4.69, 9.17) is 0 Å². The fourth-order valence-electron chi connectivity index (χ4n) is 2.09. The average Bonchev–Trinajstić information content (AvgIpc) is 2.41. The zero-order chi connectivity index (χ0) is 12.5. The molecule has 0 aromatic heterocycles. The van der Waals surface area contributed by atoms with Gasteiger partial charge in [0.1, 0.15) is 0 Å². The minimum absolute atomic E-state index is 0.728. The second kappa shape index (κ2) is 4.27. The van der Waals surface area contributed by atoms with Gasteiger partial charge >= 0.3 is 0 Å².